The molecule has 0 saturated carbocycles. The Morgan fingerprint density at radius 1 is 1.67 bits per heavy atom. The molecule has 15 heavy (non-hydrogen) atoms. The zero-order chi connectivity index (χ0) is 11.4. The molecular formula is C10H12FNO3. The molecule has 0 heterocycles. The highest BCUT2D eigenvalue weighted by Crippen LogP contribution is 2.26. The second-order valence-electron chi connectivity index (χ2n) is 3.05. The standard InChI is InChI=1S/C10H12FNO3/c1-3-7-6-10(15-2)8(11)4-5-9(7)12(13)14/h4,6H,3,5H2,1-2H3. The number of ether oxygens (including phenoxy) is 1. The molecule has 82 valence electrons. The summed E-state index contributed by atoms with van der Waals surface area (Å²) in [4.78, 5) is 10.2. The first-order valence-electron chi connectivity index (χ1n) is 4.58. The number of nitro groups is 1. The van der Waals surface area contributed by atoms with E-state index in [1.165, 1.54) is 13.2 Å². The van der Waals surface area contributed by atoms with Crippen LogP contribution in [0, 0.1) is 10.1 Å². The molecule has 1 aliphatic carbocycles. The summed E-state index contributed by atoms with van der Waals surface area (Å²) in [6.07, 6.45) is 3.02. The Morgan fingerprint density at radius 2 is 2.33 bits per heavy atom. The van der Waals surface area contributed by atoms with Crippen LogP contribution in [0.5, 0.6) is 0 Å². The summed E-state index contributed by atoms with van der Waals surface area (Å²) >= 11 is 0. The van der Waals surface area contributed by atoms with Crippen LogP contribution in [0.15, 0.2) is 35.0 Å². The Hall–Kier alpha value is -1.65. The Kier molecular flexibility index (Phi) is 3.60. The first kappa shape index (κ1) is 11.4. The lowest BCUT2D eigenvalue weighted by molar-refractivity contribution is -0.427. The van der Waals surface area contributed by atoms with E-state index >= 15 is 0 Å². The quantitative estimate of drug-likeness (QED) is 0.535. The fourth-order valence-corrected chi connectivity index (χ4v) is 1.38. The van der Waals surface area contributed by atoms with Gasteiger partial charge in [-0.1, -0.05) is 6.92 Å². The van der Waals surface area contributed by atoms with Crippen LogP contribution in [0.4, 0.5) is 4.39 Å². The van der Waals surface area contributed by atoms with Crippen molar-refractivity contribution in [1.82, 2.24) is 0 Å². The lowest BCUT2D eigenvalue weighted by Gasteiger charge is -2.02. The van der Waals surface area contributed by atoms with Crippen molar-refractivity contribution in [2.45, 2.75) is 19.8 Å². The Morgan fingerprint density at radius 3 is 2.80 bits per heavy atom. The summed E-state index contributed by atoms with van der Waals surface area (Å²) in [5, 5.41) is 10.7. The second kappa shape index (κ2) is 4.72. The van der Waals surface area contributed by atoms with Gasteiger partial charge < -0.3 is 4.74 Å². The van der Waals surface area contributed by atoms with Crippen molar-refractivity contribution in [3.63, 3.8) is 0 Å². The van der Waals surface area contributed by atoms with Gasteiger partial charge in [-0.25, -0.2) is 4.39 Å². The summed E-state index contributed by atoms with van der Waals surface area (Å²) in [6.45, 7) is 1.78. The van der Waals surface area contributed by atoms with E-state index in [2.05, 4.69) is 0 Å². The molecule has 1 rings (SSSR count). The van der Waals surface area contributed by atoms with Gasteiger partial charge in [-0.15, -0.1) is 0 Å². The fourth-order valence-electron chi connectivity index (χ4n) is 1.38. The number of halogens is 1. The predicted molar refractivity (Wildman–Crippen MR) is 53.2 cm³/mol. The third-order valence-electron chi connectivity index (χ3n) is 2.21. The van der Waals surface area contributed by atoms with Crippen LogP contribution in [-0.4, -0.2) is 12.0 Å². The predicted octanol–water partition coefficient (Wildman–Crippen LogP) is 2.71. The molecule has 4 nitrogen and oxygen atoms in total. The summed E-state index contributed by atoms with van der Waals surface area (Å²) in [5.41, 5.74) is 0.528. The van der Waals surface area contributed by atoms with Gasteiger partial charge in [0.2, 0.25) is 0 Å². The molecule has 0 aromatic carbocycles. The third kappa shape index (κ3) is 2.43. The van der Waals surface area contributed by atoms with Crippen LogP contribution in [0.1, 0.15) is 19.8 Å². The van der Waals surface area contributed by atoms with Crippen molar-refractivity contribution in [1.29, 1.82) is 0 Å². The minimum Gasteiger partial charge on any atom is -0.494 e. The lowest BCUT2D eigenvalue weighted by atomic mass is 10.1. The average Bonchev–Trinajstić information content (AvgIpc) is 2.37. The molecule has 0 fully saturated rings. The third-order valence-corrected chi connectivity index (χ3v) is 2.21. The van der Waals surface area contributed by atoms with E-state index in [1.54, 1.807) is 6.92 Å². The summed E-state index contributed by atoms with van der Waals surface area (Å²) in [6, 6.07) is 0. The maximum Gasteiger partial charge on any atom is 0.253 e. The van der Waals surface area contributed by atoms with E-state index in [1.807, 2.05) is 0 Å². The molecule has 0 amide bonds. The van der Waals surface area contributed by atoms with Gasteiger partial charge in [-0.3, -0.25) is 10.1 Å². The van der Waals surface area contributed by atoms with Crippen LogP contribution in [0.25, 0.3) is 0 Å². The Labute approximate surface area is 86.9 Å². The van der Waals surface area contributed by atoms with Gasteiger partial charge in [-0.2, -0.15) is 0 Å². The number of hydrogen-bond donors (Lipinski definition) is 0. The number of allylic oxidation sites excluding steroid dienone is 4. The molecule has 0 atom stereocenters. The molecule has 1 aliphatic rings. The van der Waals surface area contributed by atoms with Crippen molar-refractivity contribution in [3.8, 4) is 0 Å². The van der Waals surface area contributed by atoms with Crippen LogP contribution < -0.4 is 0 Å². The van der Waals surface area contributed by atoms with E-state index in [0.29, 0.717) is 12.0 Å². The van der Waals surface area contributed by atoms with Crippen LogP contribution in [0.3, 0.4) is 0 Å². The largest absolute Gasteiger partial charge is 0.494 e. The Bertz CT molecular complexity index is 369. The molecule has 0 aromatic rings. The van der Waals surface area contributed by atoms with E-state index in [-0.39, 0.29) is 17.9 Å². The first-order valence-corrected chi connectivity index (χ1v) is 4.58. The van der Waals surface area contributed by atoms with Crippen LogP contribution >= 0.6 is 0 Å². The maximum absolute atomic E-state index is 13.3. The lowest BCUT2D eigenvalue weighted by Crippen LogP contribution is -2.00. The summed E-state index contributed by atoms with van der Waals surface area (Å²) < 4.78 is 18.1. The topological polar surface area (TPSA) is 52.4 Å². The minimum atomic E-state index is -0.555. The molecule has 0 spiro atoms. The minimum absolute atomic E-state index is 0.00856. The molecule has 0 radical (unpaired) electrons. The van der Waals surface area contributed by atoms with Crippen molar-refractivity contribution in [3.05, 3.63) is 45.1 Å². The van der Waals surface area contributed by atoms with Crippen molar-refractivity contribution in [2.24, 2.45) is 0 Å². The normalized spacial score (nSPS) is 16.7. The van der Waals surface area contributed by atoms with Gasteiger partial charge in [0.1, 0.15) is 0 Å². The van der Waals surface area contributed by atoms with Crippen LogP contribution in [0.2, 0.25) is 0 Å². The highest BCUT2D eigenvalue weighted by atomic mass is 19.1. The highest BCUT2D eigenvalue weighted by Gasteiger charge is 2.20. The molecule has 0 unspecified atom stereocenters. The molecule has 0 bridgehead atoms. The van der Waals surface area contributed by atoms with Crippen LogP contribution in [-0.2, 0) is 4.74 Å². The highest BCUT2D eigenvalue weighted by molar-refractivity contribution is 5.35. The molecule has 0 N–H and O–H groups in total. The molecule has 5 heteroatoms. The fraction of sp³-hybridized carbons (Fsp3) is 0.400. The number of rotatable bonds is 3. The molecular weight excluding hydrogens is 201 g/mol. The van der Waals surface area contributed by atoms with E-state index in [9.17, 15) is 14.5 Å². The van der Waals surface area contributed by atoms with Crippen molar-refractivity contribution >= 4 is 0 Å². The SMILES string of the molecule is CCC1=C([N+](=O)[O-])CC=C(F)C(OC)=C1. The van der Waals surface area contributed by atoms with Gasteiger partial charge in [0.15, 0.2) is 11.6 Å². The van der Waals surface area contributed by atoms with E-state index in [0.717, 1.165) is 6.08 Å². The monoisotopic (exact) mass is 213 g/mol. The van der Waals surface area contributed by atoms with E-state index in [4.69, 9.17) is 4.74 Å². The first-order chi connectivity index (χ1) is 7.10. The molecule has 0 saturated heterocycles. The van der Waals surface area contributed by atoms with Gasteiger partial charge in [-0.05, 0) is 18.6 Å². The zero-order valence-corrected chi connectivity index (χ0v) is 8.62. The van der Waals surface area contributed by atoms with Crippen molar-refractivity contribution < 1.29 is 14.1 Å². The smallest absolute Gasteiger partial charge is 0.253 e. The number of nitrogens with zero attached hydrogens (tertiary/aromatic N) is 1. The van der Waals surface area contributed by atoms with Gasteiger partial charge >= 0.3 is 0 Å². The molecule has 0 aromatic heterocycles. The van der Waals surface area contributed by atoms with Gasteiger partial charge in [0.05, 0.1) is 18.5 Å². The van der Waals surface area contributed by atoms with Gasteiger partial charge in [0, 0.05) is 5.57 Å². The number of methoxy groups -OCH3 is 1. The maximum atomic E-state index is 13.3. The second-order valence-corrected chi connectivity index (χ2v) is 3.05. The summed E-state index contributed by atoms with van der Waals surface area (Å²) in [5.74, 6) is -0.510. The van der Waals surface area contributed by atoms with Gasteiger partial charge in [0.25, 0.3) is 5.70 Å². The average molecular weight is 213 g/mol. The van der Waals surface area contributed by atoms with Crippen molar-refractivity contribution in [2.75, 3.05) is 7.11 Å². The number of hydrogen-bond acceptors (Lipinski definition) is 3. The zero-order valence-electron chi connectivity index (χ0n) is 8.62. The molecule has 0 aliphatic heterocycles. The van der Waals surface area contributed by atoms with E-state index < -0.39 is 10.8 Å². The summed E-state index contributed by atoms with van der Waals surface area (Å²) in [7, 11) is 1.34. The Balaban J connectivity index is 3.20.